The molecule has 0 N–H and O–H groups in total. The van der Waals surface area contributed by atoms with Crippen molar-refractivity contribution in [3.8, 4) is 11.1 Å². The number of carbonyl (C=O) groups excluding carboxylic acids is 1. The zero-order valence-electron chi connectivity index (χ0n) is 17.5. The summed E-state index contributed by atoms with van der Waals surface area (Å²) in [6.45, 7) is -0.293. The zero-order valence-corrected chi connectivity index (χ0v) is 19.1. The van der Waals surface area contributed by atoms with E-state index in [1.807, 2.05) is 0 Å². The van der Waals surface area contributed by atoms with Crippen molar-refractivity contribution in [2.45, 2.75) is 18.0 Å². The lowest BCUT2D eigenvalue weighted by molar-refractivity contribution is -0.143. The van der Waals surface area contributed by atoms with Crippen LogP contribution in [0.1, 0.15) is 21.7 Å². The Bertz CT molecular complexity index is 1280. The predicted octanol–water partition coefficient (Wildman–Crippen LogP) is 4.74. The Kier molecular flexibility index (Phi) is 6.05. The maximum Gasteiger partial charge on any atom is 0.431 e. The molecule has 1 aromatic heterocycles. The molecule has 174 valence electrons. The molecule has 2 aromatic carbocycles. The van der Waals surface area contributed by atoms with Gasteiger partial charge >= 0.3 is 6.18 Å². The van der Waals surface area contributed by atoms with Gasteiger partial charge in [-0.3, -0.25) is 4.79 Å². The van der Waals surface area contributed by atoms with Gasteiger partial charge in [-0.1, -0.05) is 54.1 Å². The normalized spacial score (nSPS) is 14.9. The maximum atomic E-state index is 14.1. The summed E-state index contributed by atoms with van der Waals surface area (Å²) < 4.78 is 66.7. The van der Waals surface area contributed by atoms with Gasteiger partial charge in [-0.15, -0.1) is 0 Å². The maximum absolute atomic E-state index is 14.1. The van der Waals surface area contributed by atoms with Crippen molar-refractivity contribution in [3.63, 3.8) is 0 Å². The monoisotopic (exact) mass is 496 g/mol. The van der Waals surface area contributed by atoms with E-state index in [1.165, 1.54) is 17.0 Å². The molecule has 0 aliphatic carbocycles. The summed E-state index contributed by atoms with van der Waals surface area (Å²) in [5.74, 6) is -0.647. The fourth-order valence-electron chi connectivity index (χ4n) is 3.82. The molecule has 1 saturated heterocycles. The van der Waals surface area contributed by atoms with Crippen molar-refractivity contribution in [2.24, 2.45) is 0 Å². The number of hydrogen-bond acceptors (Lipinski definition) is 3. The van der Waals surface area contributed by atoms with Crippen LogP contribution in [0.5, 0.6) is 0 Å². The molecular formula is C23H20ClF3N2O3S. The summed E-state index contributed by atoms with van der Waals surface area (Å²) in [6.07, 6.45) is -3.63. The van der Waals surface area contributed by atoms with E-state index in [0.717, 1.165) is 16.9 Å². The van der Waals surface area contributed by atoms with Gasteiger partial charge in [0.05, 0.1) is 5.25 Å². The lowest BCUT2D eigenvalue weighted by Gasteiger charge is -2.38. The smallest absolute Gasteiger partial charge is 0.335 e. The van der Waals surface area contributed by atoms with Gasteiger partial charge in [0.25, 0.3) is 5.91 Å². The number of amides is 1. The van der Waals surface area contributed by atoms with Crippen LogP contribution >= 0.6 is 11.6 Å². The highest BCUT2D eigenvalue weighted by Crippen LogP contribution is 2.38. The number of halogens is 4. The zero-order chi connectivity index (χ0) is 24.0. The number of nitrogens with zero attached hydrogens (tertiary/aromatic N) is 2. The van der Waals surface area contributed by atoms with E-state index in [2.05, 4.69) is 0 Å². The second kappa shape index (κ2) is 8.53. The first-order valence-corrected chi connectivity index (χ1v) is 12.4. The summed E-state index contributed by atoms with van der Waals surface area (Å²) in [5, 5.41) is -0.315. The number of carbonyl (C=O) groups is 1. The number of hydrogen-bond donors (Lipinski definition) is 0. The van der Waals surface area contributed by atoms with Gasteiger partial charge in [0.2, 0.25) is 0 Å². The van der Waals surface area contributed by atoms with E-state index < -0.39 is 32.9 Å². The molecule has 1 amide bonds. The van der Waals surface area contributed by atoms with Crippen LogP contribution < -0.4 is 0 Å². The molecular weight excluding hydrogens is 477 g/mol. The number of likely N-dealkylation sites (tertiary alicyclic amines) is 1. The van der Waals surface area contributed by atoms with Crippen LogP contribution in [0.25, 0.3) is 11.1 Å². The summed E-state index contributed by atoms with van der Waals surface area (Å²) in [5.41, 5.74) is 0.0104. The van der Waals surface area contributed by atoms with Crippen molar-refractivity contribution in [1.82, 2.24) is 9.47 Å². The Hall–Kier alpha value is -2.78. The SMILES string of the molecule is CS(=O)(=O)C1CN(C(=O)c2c(-c3ccc(Cl)cc3)cc(C(F)(F)F)n2Cc2ccccc2)C1. The van der Waals surface area contributed by atoms with Crippen molar-refractivity contribution < 1.29 is 26.4 Å². The second-order valence-electron chi connectivity index (χ2n) is 8.03. The van der Waals surface area contributed by atoms with Gasteiger partial charge in [-0.05, 0) is 29.3 Å². The molecule has 3 aromatic rings. The van der Waals surface area contributed by atoms with Crippen molar-refractivity contribution in [3.05, 3.63) is 82.6 Å². The predicted molar refractivity (Wildman–Crippen MR) is 120 cm³/mol. The minimum absolute atomic E-state index is 0.0599. The third-order valence-corrected chi connectivity index (χ3v) is 7.43. The van der Waals surface area contributed by atoms with Crippen LogP contribution in [-0.4, -0.2) is 48.4 Å². The Morgan fingerprint density at radius 3 is 2.21 bits per heavy atom. The molecule has 1 aliphatic rings. The standard InChI is InChI=1S/C23H20ClF3N2O3S/c1-33(31,32)18-13-28(14-18)22(30)21-19(16-7-9-17(24)10-8-16)11-20(23(25,26)27)29(21)12-15-5-3-2-4-6-15/h2-11,18H,12-14H2,1H3. The fourth-order valence-corrected chi connectivity index (χ4v) is 4.85. The molecule has 10 heteroatoms. The van der Waals surface area contributed by atoms with Gasteiger partial charge in [-0.25, -0.2) is 8.42 Å². The molecule has 0 unspecified atom stereocenters. The third-order valence-electron chi connectivity index (χ3n) is 5.67. The van der Waals surface area contributed by atoms with E-state index in [1.54, 1.807) is 42.5 Å². The van der Waals surface area contributed by atoms with E-state index in [0.29, 0.717) is 16.1 Å². The average Bonchev–Trinajstić information content (AvgIpc) is 3.06. The van der Waals surface area contributed by atoms with E-state index >= 15 is 0 Å². The molecule has 0 spiro atoms. The average molecular weight is 497 g/mol. The molecule has 4 rings (SSSR count). The lowest BCUT2D eigenvalue weighted by Crippen LogP contribution is -2.57. The van der Waals surface area contributed by atoms with Crippen LogP contribution in [-0.2, 0) is 22.6 Å². The Balaban J connectivity index is 1.86. The molecule has 0 atom stereocenters. The van der Waals surface area contributed by atoms with Crippen LogP contribution in [0.4, 0.5) is 13.2 Å². The fraction of sp³-hybridized carbons (Fsp3) is 0.261. The molecule has 0 radical (unpaired) electrons. The second-order valence-corrected chi connectivity index (χ2v) is 10.8. The first-order valence-electron chi connectivity index (χ1n) is 10.0. The largest absolute Gasteiger partial charge is 0.431 e. The molecule has 1 aliphatic heterocycles. The van der Waals surface area contributed by atoms with Gasteiger partial charge in [0.1, 0.15) is 11.4 Å². The topological polar surface area (TPSA) is 59.4 Å². The molecule has 33 heavy (non-hydrogen) atoms. The summed E-state index contributed by atoms with van der Waals surface area (Å²) in [6, 6.07) is 15.7. The van der Waals surface area contributed by atoms with Crippen molar-refractivity contribution in [2.75, 3.05) is 19.3 Å². The number of sulfone groups is 1. The van der Waals surface area contributed by atoms with Crippen molar-refractivity contribution in [1.29, 1.82) is 0 Å². The Morgan fingerprint density at radius 1 is 1.06 bits per heavy atom. The first kappa shape index (κ1) is 23.4. The highest BCUT2D eigenvalue weighted by atomic mass is 35.5. The molecule has 0 saturated carbocycles. The van der Waals surface area contributed by atoms with Gasteiger partial charge in [-0.2, -0.15) is 13.2 Å². The Morgan fingerprint density at radius 2 is 1.67 bits per heavy atom. The number of aromatic nitrogens is 1. The van der Waals surface area contributed by atoms with Crippen molar-refractivity contribution >= 4 is 27.3 Å². The van der Waals surface area contributed by atoms with E-state index in [9.17, 15) is 26.4 Å². The highest BCUT2D eigenvalue weighted by molar-refractivity contribution is 7.91. The van der Waals surface area contributed by atoms with Gasteiger partial charge in [0, 0.05) is 36.5 Å². The van der Waals surface area contributed by atoms with Crippen LogP contribution in [0, 0.1) is 0 Å². The molecule has 0 bridgehead atoms. The first-order chi connectivity index (χ1) is 15.4. The lowest BCUT2D eigenvalue weighted by atomic mass is 10.0. The van der Waals surface area contributed by atoms with Gasteiger partial charge < -0.3 is 9.47 Å². The third kappa shape index (κ3) is 4.79. The summed E-state index contributed by atoms with van der Waals surface area (Å²) in [4.78, 5) is 14.7. The minimum atomic E-state index is -4.71. The van der Waals surface area contributed by atoms with E-state index in [-0.39, 0.29) is 30.9 Å². The van der Waals surface area contributed by atoms with Crippen LogP contribution in [0.3, 0.4) is 0 Å². The molecule has 2 heterocycles. The number of rotatable bonds is 5. The molecule has 5 nitrogen and oxygen atoms in total. The minimum Gasteiger partial charge on any atom is -0.335 e. The number of alkyl halides is 3. The molecule has 1 fully saturated rings. The van der Waals surface area contributed by atoms with Gasteiger partial charge in [0.15, 0.2) is 9.84 Å². The van der Waals surface area contributed by atoms with E-state index in [4.69, 9.17) is 11.6 Å². The van der Waals surface area contributed by atoms with Crippen LogP contribution in [0.2, 0.25) is 5.02 Å². The number of benzene rings is 2. The summed E-state index contributed by atoms with van der Waals surface area (Å²) >= 11 is 5.94. The Labute approximate surface area is 194 Å². The quantitative estimate of drug-likeness (QED) is 0.512. The van der Waals surface area contributed by atoms with Crippen LogP contribution in [0.15, 0.2) is 60.7 Å². The highest BCUT2D eigenvalue weighted by Gasteiger charge is 2.42. The summed E-state index contributed by atoms with van der Waals surface area (Å²) in [7, 11) is -3.35.